The maximum Gasteiger partial charge on any atom is 0.123 e. The first-order valence-corrected chi connectivity index (χ1v) is 7.77. The third kappa shape index (κ3) is 2.64. The van der Waals surface area contributed by atoms with Crippen LogP contribution in [-0.2, 0) is 11.8 Å². The molecular formula is C17H17Cl2NO. The Morgan fingerprint density at radius 3 is 2.71 bits per heavy atom. The molecule has 3 rings (SSSR count). The molecule has 2 nitrogen and oxygen atoms in total. The summed E-state index contributed by atoms with van der Waals surface area (Å²) in [5.41, 5.74) is 8.20. The molecule has 0 radical (unpaired) electrons. The number of rotatable bonds is 3. The summed E-state index contributed by atoms with van der Waals surface area (Å²) in [7, 11) is 0. The van der Waals surface area contributed by atoms with Gasteiger partial charge >= 0.3 is 0 Å². The van der Waals surface area contributed by atoms with Crippen molar-refractivity contribution in [1.29, 1.82) is 0 Å². The minimum Gasteiger partial charge on any atom is -0.493 e. The van der Waals surface area contributed by atoms with E-state index in [9.17, 15) is 0 Å². The van der Waals surface area contributed by atoms with Gasteiger partial charge < -0.3 is 10.5 Å². The van der Waals surface area contributed by atoms with Crippen LogP contribution < -0.4 is 10.5 Å². The molecule has 0 amide bonds. The molecule has 1 unspecified atom stereocenters. The Morgan fingerprint density at radius 1 is 1.10 bits per heavy atom. The summed E-state index contributed by atoms with van der Waals surface area (Å²) in [5.74, 6) is 0.923. The van der Waals surface area contributed by atoms with Gasteiger partial charge in [0.1, 0.15) is 5.75 Å². The van der Waals surface area contributed by atoms with Gasteiger partial charge in [-0.2, -0.15) is 0 Å². The van der Waals surface area contributed by atoms with E-state index in [4.69, 9.17) is 33.7 Å². The summed E-state index contributed by atoms with van der Waals surface area (Å²) in [6.07, 6.45) is 1.65. The Balaban J connectivity index is 2.04. The molecule has 0 aromatic heterocycles. The van der Waals surface area contributed by atoms with Gasteiger partial charge in [-0.15, -0.1) is 0 Å². The zero-order valence-corrected chi connectivity index (χ0v) is 13.1. The number of hydrogen-bond acceptors (Lipinski definition) is 2. The van der Waals surface area contributed by atoms with Gasteiger partial charge in [0.15, 0.2) is 0 Å². The third-order valence-corrected chi connectivity index (χ3v) is 5.11. The summed E-state index contributed by atoms with van der Waals surface area (Å²) in [6.45, 7) is 1.22. The zero-order valence-electron chi connectivity index (χ0n) is 11.6. The SMILES string of the molecule is NCC1(Cc2cccc(Cl)c2Cl)CCOc2ccccc21. The van der Waals surface area contributed by atoms with Crippen LogP contribution in [0.3, 0.4) is 0 Å². The molecule has 2 aromatic rings. The number of fused-ring (bicyclic) bond motifs is 1. The monoisotopic (exact) mass is 321 g/mol. The second-order valence-electron chi connectivity index (χ2n) is 5.47. The Hall–Kier alpha value is -1.22. The standard InChI is InChI=1S/C17H17Cl2NO/c18-14-6-3-4-12(16(14)19)10-17(11-20)8-9-21-15-7-2-1-5-13(15)17/h1-7H,8-11,20H2. The highest BCUT2D eigenvalue weighted by Crippen LogP contribution is 2.42. The maximum atomic E-state index is 6.35. The lowest BCUT2D eigenvalue weighted by Gasteiger charge is -2.38. The van der Waals surface area contributed by atoms with Crippen molar-refractivity contribution >= 4 is 23.2 Å². The number of para-hydroxylation sites is 1. The topological polar surface area (TPSA) is 35.2 Å². The molecule has 0 aliphatic carbocycles. The highest BCUT2D eigenvalue weighted by atomic mass is 35.5. The van der Waals surface area contributed by atoms with Crippen LogP contribution in [0.4, 0.5) is 0 Å². The molecule has 1 aliphatic rings. The molecular weight excluding hydrogens is 305 g/mol. The fourth-order valence-electron chi connectivity index (χ4n) is 3.04. The first-order chi connectivity index (χ1) is 10.2. The summed E-state index contributed by atoms with van der Waals surface area (Å²) >= 11 is 12.5. The zero-order chi connectivity index (χ0) is 14.9. The second kappa shape index (κ2) is 5.88. The molecule has 0 saturated heterocycles. The van der Waals surface area contributed by atoms with Crippen molar-refractivity contribution in [2.45, 2.75) is 18.3 Å². The van der Waals surface area contributed by atoms with Gasteiger partial charge in [0.2, 0.25) is 0 Å². The number of nitrogens with two attached hydrogens (primary N) is 1. The molecule has 4 heteroatoms. The van der Waals surface area contributed by atoms with Crippen molar-refractivity contribution in [2.75, 3.05) is 13.2 Å². The van der Waals surface area contributed by atoms with Crippen molar-refractivity contribution in [2.24, 2.45) is 5.73 Å². The molecule has 2 aromatic carbocycles. The van der Waals surface area contributed by atoms with Gasteiger partial charge in [-0.05, 0) is 30.5 Å². The predicted molar refractivity (Wildman–Crippen MR) is 87.5 cm³/mol. The average molecular weight is 322 g/mol. The van der Waals surface area contributed by atoms with Crippen LogP contribution in [-0.4, -0.2) is 13.2 Å². The van der Waals surface area contributed by atoms with E-state index in [0.717, 1.165) is 29.7 Å². The van der Waals surface area contributed by atoms with E-state index in [1.165, 1.54) is 0 Å². The van der Waals surface area contributed by atoms with Crippen LogP contribution in [0.1, 0.15) is 17.5 Å². The average Bonchev–Trinajstić information content (AvgIpc) is 2.52. The van der Waals surface area contributed by atoms with E-state index in [2.05, 4.69) is 6.07 Å². The lowest BCUT2D eigenvalue weighted by Crippen LogP contribution is -2.41. The lowest BCUT2D eigenvalue weighted by molar-refractivity contribution is 0.215. The molecule has 2 N–H and O–H groups in total. The summed E-state index contributed by atoms with van der Waals surface area (Å²) in [5, 5.41) is 1.21. The summed E-state index contributed by atoms with van der Waals surface area (Å²) < 4.78 is 5.76. The quantitative estimate of drug-likeness (QED) is 0.918. The van der Waals surface area contributed by atoms with Crippen LogP contribution in [0.2, 0.25) is 10.0 Å². The predicted octanol–water partition coefficient (Wildman–Crippen LogP) is 4.22. The summed E-state index contributed by atoms with van der Waals surface area (Å²) in [6, 6.07) is 13.9. The van der Waals surface area contributed by atoms with Gasteiger partial charge in [-0.25, -0.2) is 0 Å². The van der Waals surface area contributed by atoms with Gasteiger partial charge in [0.25, 0.3) is 0 Å². The largest absolute Gasteiger partial charge is 0.493 e. The van der Waals surface area contributed by atoms with Crippen molar-refractivity contribution in [3.05, 3.63) is 63.6 Å². The van der Waals surface area contributed by atoms with Crippen molar-refractivity contribution in [1.82, 2.24) is 0 Å². The normalized spacial score (nSPS) is 20.7. The van der Waals surface area contributed by atoms with E-state index in [-0.39, 0.29) is 5.41 Å². The van der Waals surface area contributed by atoms with Crippen LogP contribution in [0.25, 0.3) is 0 Å². The van der Waals surface area contributed by atoms with E-state index in [1.54, 1.807) is 6.07 Å². The smallest absolute Gasteiger partial charge is 0.123 e. The fraction of sp³-hybridized carbons (Fsp3) is 0.294. The minimum absolute atomic E-state index is 0.150. The Morgan fingerprint density at radius 2 is 1.90 bits per heavy atom. The van der Waals surface area contributed by atoms with Crippen LogP contribution in [0, 0.1) is 0 Å². The van der Waals surface area contributed by atoms with Gasteiger partial charge in [-0.3, -0.25) is 0 Å². The minimum atomic E-state index is -0.150. The van der Waals surface area contributed by atoms with Crippen LogP contribution >= 0.6 is 23.2 Å². The molecule has 0 bridgehead atoms. The Kier molecular flexibility index (Phi) is 4.12. The number of benzene rings is 2. The van der Waals surface area contributed by atoms with Crippen molar-refractivity contribution < 1.29 is 4.74 Å². The third-order valence-electron chi connectivity index (χ3n) is 4.25. The maximum absolute atomic E-state index is 6.35. The highest BCUT2D eigenvalue weighted by Gasteiger charge is 2.37. The van der Waals surface area contributed by atoms with Gasteiger partial charge in [0.05, 0.1) is 16.7 Å². The molecule has 1 heterocycles. The van der Waals surface area contributed by atoms with E-state index in [1.807, 2.05) is 30.3 Å². The Labute approximate surface area is 134 Å². The first kappa shape index (κ1) is 14.7. The molecule has 110 valence electrons. The van der Waals surface area contributed by atoms with E-state index >= 15 is 0 Å². The van der Waals surface area contributed by atoms with Crippen molar-refractivity contribution in [3.8, 4) is 5.75 Å². The van der Waals surface area contributed by atoms with Gasteiger partial charge in [-0.1, -0.05) is 53.5 Å². The number of halogens is 2. The van der Waals surface area contributed by atoms with E-state index < -0.39 is 0 Å². The number of ether oxygens (including phenoxy) is 1. The lowest BCUT2D eigenvalue weighted by atomic mass is 9.72. The Bertz CT molecular complexity index is 659. The second-order valence-corrected chi connectivity index (χ2v) is 6.25. The molecule has 0 fully saturated rings. The molecule has 1 atom stereocenters. The highest BCUT2D eigenvalue weighted by molar-refractivity contribution is 6.42. The number of hydrogen-bond donors (Lipinski definition) is 1. The molecule has 0 saturated carbocycles. The molecule has 21 heavy (non-hydrogen) atoms. The summed E-state index contributed by atoms with van der Waals surface area (Å²) in [4.78, 5) is 0. The fourth-order valence-corrected chi connectivity index (χ4v) is 3.43. The molecule has 0 spiro atoms. The van der Waals surface area contributed by atoms with Crippen molar-refractivity contribution in [3.63, 3.8) is 0 Å². The van der Waals surface area contributed by atoms with Gasteiger partial charge in [0, 0.05) is 17.5 Å². The van der Waals surface area contributed by atoms with E-state index in [0.29, 0.717) is 23.2 Å². The molecule has 1 aliphatic heterocycles. The van der Waals surface area contributed by atoms with Crippen LogP contribution in [0.15, 0.2) is 42.5 Å². The van der Waals surface area contributed by atoms with Crippen LogP contribution in [0.5, 0.6) is 5.75 Å². The first-order valence-electron chi connectivity index (χ1n) is 7.01.